The highest BCUT2D eigenvalue weighted by molar-refractivity contribution is 7.91. The fourth-order valence-electron chi connectivity index (χ4n) is 2.98. The molecular formula is C19H23N3O3S. The normalized spacial score (nSPS) is 17.5. The molecule has 3 rings (SSSR count). The zero-order valence-corrected chi connectivity index (χ0v) is 15.8. The molecule has 1 atom stereocenters. The lowest BCUT2D eigenvalue weighted by Crippen LogP contribution is -2.49. The standard InChI is InChI=1S/C19H23N3O3S/c1-14-5-6-16(12-15(14)2)18(17-4-3-7-20-13-17)21-19(23)22-8-10-26(24,25)11-9-22/h3-7,12-13,18H,8-11H2,1-2H3,(H,21,23). The Bertz CT molecular complexity index is 884. The van der Waals surface area contributed by atoms with Crippen LogP contribution >= 0.6 is 0 Å². The summed E-state index contributed by atoms with van der Waals surface area (Å²) in [5, 5.41) is 3.05. The van der Waals surface area contributed by atoms with Crippen molar-refractivity contribution in [2.24, 2.45) is 0 Å². The van der Waals surface area contributed by atoms with Crippen molar-refractivity contribution in [2.45, 2.75) is 19.9 Å². The van der Waals surface area contributed by atoms with E-state index in [4.69, 9.17) is 0 Å². The van der Waals surface area contributed by atoms with Gasteiger partial charge in [0.15, 0.2) is 9.84 Å². The summed E-state index contributed by atoms with van der Waals surface area (Å²) in [6, 6.07) is 9.26. The Morgan fingerprint density at radius 3 is 2.46 bits per heavy atom. The third-order valence-electron chi connectivity index (χ3n) is 4.78. The summed E-state index contributed by atoms with van der Waals surface area (Å²) in [6.07, 6.45) is 3.43. The van der Waals surface area contributed by atoms with E-state index in [-0.39, 0.29) is 36.7 Å². The zero-order valence-electron chi connectivity index (χ0n) is 15.0. The minimum Gasteiger partial charge on any atom is -0.327 e. The first-order valence-electron chi connectivity index (χ1n) is 8.59. The van der Waals surface area contributed by atoms with Crippen LogP contribution < -0.4 is 5.32 Å². The van der Waals surface area contributed by atoms with E-state index in [2.05, 4.69) is 16.4 Å². The fraction of sp³-hybridized carbons (Fsp3) is 0.368. The lowest BCUT2D eigenvalue weighted by Gasteiger charge is -2.29. The molecule has 26 heavy (non-hydrogen) atoms. The molecule has 0 bridgehead atoms. The molecule has 1 aromatic heterocycles. The van der Waals surface area contributed by atoms with Crippen LogP contribution in [-0.4, -0.2) is 48.9 Å². The zero-order chi connectivity index (χ0) is 18.7. The predicted octanol–water partition coefficient (Wildman–Crippen LogP) is 2.23. The minimum absolute atomic E-state index is 0.0155. The van der Waals surface area contributed by atoms with E-state index < -0.39 is 9.84 Å². The second-order valence-corrected chi connectivity index (χ2v) is 8.96. The lowest BCUT2D eigenvalue weighted by atomic mass is 9.96. The number of carbonyl (C=O) groups excluding carboxylic acids is 1. The number of urea groups is 1. The van der Waals surface area contributed by atoms with Gasteiger partial charge >= 0.3 is 6.03 Å². The van der Waals surface area contributed by atoms with E-state index in [1.807, 2.05) is 38.1 Å². The fourth-order valence-corrected chi connectivity index (χ4v) is 4.18. The SMILES string of the molecule is Cc1ccc(C(NC(=O)N2CCS(=O)(=O)CC2)c2cccnc2)cc1C. The highest BCUT2D eigenvalue weighted by Crippen LogP contribution is 2.24. The number of hydrogen-bond acceptors (Lipinski definition) is 4. The summed E-state index contributed by atoms with van der Waals surface area (Å²) in [7, 11) is -3.02. The molecule has 1 N–H and O–H groups in total. The van der Waals surface area contributed by atoms with Gasteiger partial charge in [0.25, 0.3) is 0 Å². The summed E-state index contributed by atoms with van der Waals surface area (Å²) < 4.78 is 23.2. The third kappa shape index (κ3) is 4.22. The molecule has 1 unspecified atom stereocenters. The van der Waals surface area contributed by atoms with Crippen molar-refractivity contribution in [3.05, 3.63) is 65.0 Å². The van der Waals surface area contributed by atoms with Crippen LogP contribution in [0.15, 0.2) is 42.7 Å². The molecule has 2 heterocycles. The summed E-state index contributed by atoms with van der Waals surface area (Å²) in [5.41, 5.74) is 4.19. The smallest absolute Gasteiger partial charge is 0.318 e. The van der Waals surface area contributed by atoms with Crippen LogP contribution in [0.2, 0.25) is 0 Å². The van der Waals surface area contributed by atoms with Crippen LogP contribution in [-0.2, 0) is 9.84 Å². The van der Waals surface area contributed by atoms with Gasteiger partial charge in [-0.2, -0.15) is 0 Å². The predicted molar refractivity (Wildman–Crippen MR) is 101 cm³/mol. The summed E-state index contributed by atoms with van der Waals surface area (Å²) >= 11 is 0. The van der Waals surface area contributed by atoms with Gasteiger partial charge in [0.2, 0.25) is 0 Å². The van der Waals surface area contributed by atoms with Gasteiger partial charge in [-0.3, -0.25) is 4.98 Å². The maximum absolute atomic E-state index is 12.7. The summed E-state index contributed by atoms with van der Waals surface area (Å²) in [5.74, 6) is 0.0310. The average molecular weight is 373 g/mol. The number of amides is 2. The van der Waals surface area contributed by atoms with Crippen LogP contribution in [0.4, 0.5) is 4.79 Å². The van der Waals surface area contributed by atoms with Gasteiger partial charge in [-0.25, -0.2) is 13.2 Å². The van der Waals surface area contributed by atoms with Gasteiger partial charge in [-0.15, -0.1) is 0 Å². The molecule has 0 radical (unpaired) electrons. The molecule has 0 aliphatic carbocycles. The second kappa shape index (κ2) is 7.45. The number of nitrogens with one attached hydrogen (secondary N) is 1. The number of pyridine rings is 1. The van der Waals surface area contributed by atoms with Crippen molar-refractivity contribution in [1.82, 2.24) is 15.2 Å². The molecule has 1 fully saturated rings. The van der Waals surface area contributed by atoms with Crippen molar-refractivity contribution in [1.29, 1.82) is 0 Å². The molecule has 1 aromatic carbocycles. The molecule has 2 aromatic rings. The number of benzene rings is 1. The van der Waals surface area contributed by atoms with Gasteiger partial charge in [-0.1, -0.05) is 24.3 Å². The number of hydrogen-bond donors (Lipinski definition) is 1. The number of sulfone groups is 1. The number of rotatable bonds is 3. The average Bonchev–Trinajstić information content (AvgIpc) is 2.62. The van der Waals surface area contributed by atoms with Crippen LogP contribution in [0.3, 0.4) is 0 Å². The number of carbonyl (C=O) groups is 1. The molecule has 0 spiro atoms. The van der Waals surface area contributed by atoms with E-state index in [1.54, 1.807) is 17.3 Å². The van der Waals surface area contributed by atoms with Gasteiger partial charge < -0.3 is 10.2 Å². The van der Waals surface area contributed by atoms with E-state index in [1.165, 1.54) is 5.56 Å². The maximum atomic E-state index is 12.7. The molecule has 1 aliphatic heterocycles. The maximum Gasteiger partial charge on any atom is 0.318 e. The first-order valence-corrected chi connectivity index (χ1v) is 10.4. The molecule has 138 valence electrons. The van der Waals surface area contributed by atoms with Gasteiger partial charge in [0.05, 0.1) is 17.5 Å². The lowest BCUT2D eigenvalue weighted by molar-refractivity contribution is 0.199. The summed E-state index contributed by atoms with van der Waals surface area (Å²) in [6.45, 7) is 4.53. The Morgan fingerprint density at radius 1 is 1.12 bits per heavy atom. The molecule has 0 saturated carbocycles. The summed E-state index contributed by atoms with van der Waals surface area (Å²) in [4.78, 5) is 18.4. The number of nitrogens with zero attached hydrogens (tertiary/aromatic N) is 2. The van der Waals surface area contributed by atoms with Crippen molar-refractivity contribution in [3.8, 4) is 0 Å². The van der Waals surface area contributed by atoms with Gasteiger partial charge in [0, 0.05) is 25.5 Å². The van der Waals surface area contributed by atoms with E-state index >= 15 is 0 Å². The Balaban J connectivity index is 1.84. The molecule has 1 saturated heterocycles. The van der Waals surface area contributed by atoms with Crippen molar-refractivity contribution in [3.63, 3.8) is 0 Å². The largest absolute Gasteiger partial charge is 0.327 e. The topological polar surface area (TPSA) is 79.4 Å². The molecule has 2 amide bonds. The third-order valence-corrected chi connectivity index (χ3v) is 6.39. The van der Waals surface area contributed by atoms with Gasteiger partial charge in [-0.05, 0) is 42.2 Å². The Kier molecular flexibility index (Phi) is 5.27. The van der Waals surface area contributed by atoms with E-state index in [9.17, 15) is 13.2 Å². The minimum atomic E-state index is -3.02. The highest BCUT2D eigenvalue weighted by Gasteiger charge is 2.27. The first-order chi connectivity index (χ1) is 12.4. The molecule has 6 nitrogen and oxygen atoms in total. The Labute approximate surface area is 154 Å². The Morgan fingerprint density at radius 2 is 1.85 bits per heavy atom. The van der Waals surface area contributed by atoms with Crippen LogP contribution in [0.1, 0.15) is 28.3 Å². The van der Waals surface area contributed by atoms with Crippen molar-refractivity contribution in [2.75, 3.05) is 24.6 Å². The van der Waals surface area contributed by atoms with Crippen LogP contribution in [0, 0.1) is 13.8 Å². The van der Waals surface area contributed by atoms with Crippen LogP contribution in [0.5, 0.6) is 0 Å². The molecular weight excluding hydrogens is 350 g/mol. The van der Waals surface area contributed by atoms with Crippen molar-refractivity contribution >= 4 is 15.9 Å². The number of aryl methyl sites for hydroxylation is 2. The quantitative estimate of drug-likeness (QED) is 0.895. The first kappa shape index (κ1) is 18.4. The second-order valence-electron chi connectivity index (χ2n) is 6.65. The van der Waals surface area contributed by atoms with E-state index in [0.717, 1.165) is 16.7 Å². The van der Waals surface area contributed by atoms with E-state index in [0.29, 0.717) is 0 Å². The molecule has 1 aliphatic rings. The van der Waals surface area contributed by atoms with Crippen LogP contribution in [0.25, 0.3) is 0 Å². The number of aromatic nitrogens is 1. The Hall–Kier alpha value is -2.41. The monoisotopic (exact) mass is 373 g/mol. The van der Waals surface area contributed by atoms with Gasteiger partial charge in [0.1, 0.15) is 0 Å². The molecule has 7 heteroatoms. The van der Waals surface area contributed by atoms with Crippen molar-refractivity contribution < 1.29 is 13.2 Å². The highest BCUT2D eigenvalue weighted by atomic mass is 32.2.